The first-order valence-corrected chi connectivity index (χ1v) is 9.63. The Bertz CT molecular complexity index is 1140. The standard InChI is InChI=1S/C24H19ClO5/c1-27-17-8-10-21(28-2)16(11-17)12-23-24(26)19-9-7-18(13-22(19)30-23)29-14-15-5-3-4-6-20(15)25/h3-13H,14H2,1-2H3. The fourth-order valence-electron chi connectivity index (χ4n) is 3.13. The molecule has 0 bridgehead atoms. The SMILES string of the molecule is COc1ccc(OC)c(C=C2Oc3cc(OCc4ccccc4Cl)ccc3C2=O)c1. The average Bonchev–Trinajstić information content (AvgIpc) is 3.07. The van der Waals surface area contributed by atoms with Gasteiger partial charge in [0.15, 0.2) is 5.76 Å². The van der Waals surface area contributed by atoms with E-state index < -0.39 is 0 Å². The van der Waals surface area contributed by atoms with Crippen molar-refractivity contribution in [3.8, 4) is 23.0 Å². The lowest BCUT2D eigenvalue weighted by Crippen LogP contribution is -1.99. The number of fused-ring (bicyclic) bond motifs is 1. The van der Waals surface area contributed by atoms with Gasteiger partial charge in [-0.25, -0.2) is 0 Å². The van der Waals surface area contributed by atoms with Crippen LogP contribution in [0, 0.1) is 0 Å². The molecule has 0 unspecified atom stereocenters. The number of ketones is 1. The molecular weight excluding hydrogens is 404 g/mol. The molecule has 0 atom stereocenters. The minimum Gasteiger partial charge on any atom is -0.497 e. The number of Topliss-reactive ketones (excluding diaryl/α,β-unsaturated/α-hetero) is 1. The smallest absolute Gasteiger partial charge is 0.231 e. The van der Waals surface area contributed by atoms with Crippen LogP contribution < -0.4 is 18.9 Å². The van der Waals surface area contributed by atoms with E-state index in [1.54, 1.807) is 56.7 Å². The van der Waals surface area contributed by atoms with Crippen LogP contribution >= 0.6 is 11.6 Å². The van der Waals surface area contributed by atoms with Gasteiger partial charge in [0, 0.05) is 22.2 Å². The van der Waals surface area contributed by atoms with Crippen LogP contribution in [0.2, 0.25) is 5.02 Å². The molecular formula is C24H19ClO5. The summed E-state index contributed by atoms with van der Waals surface area (Å²) in [5, 5.41) is 0.641. The normalized spacial score (nSPS) is 13.7. The van der Waals surface area contributed by atoms with Crippen molar-refractivity contribution in [2.75, 3.05) is 14.2 Å². The van der Waals surface area contributed by atoms with Crippen LogP contribution in [0.4, 0.5) is 0 Å². The summed E-state index contributed by atoms with van der Waals surface area (Å²) in [5.74, 6) is 2.30. The highest BCUT2D eigenvalue weighted by molar-refractivity contribution is 6.31. The number of hydrogen-bond donors (Lipinski definition) is 0. The predicted octanol–water partition coefficient (Wildman–Crippen LogP) is 5.55. The zero-order valence-electron chi connectivity index (χ0n) is 16.5. The van der Waals surface area contributed by atoms with E-state index in [1.165, 1.54) is 0 Å². The van der Waals surface area contributed by atoms with Gasteiger partial charge in [0.1, 0.15) is 29.6 Å². The zero-order chi connectivity index (χ0) is 21.1. The maximum absolute atomic E-state index is 12.8. The van der Waals surface area contributed by atoms with Crippen molar-refractivity contribution in [1.29, 1.82) is 0 Å². The van der Waals surface area contributed by atoms with Crippen molar-refractivity contribution in [2.24, 2.45) is 0 Å². The van der Waals surface area contributed by atoms with Crippen molar-refractivity contribution >= 4 is 23.5 Å². The fraction of sp³-hybridized carbons (Fsp3) is 0.125. The van der Waals surface area contributed by atoms with E-state index in [1.807, 2.05) is 24.3 Å². The molecule has 0 spiro atoms. The lowest BCUT2D eigenvalue weighted by atomic mass is 10.1. The van der Waals surface area contributed by atoms with Gasteiger partial charge in [-0.3, -0.25) is 4.79 Å². The van der Waals surface area contributed by atoms with Crippen LogP contribution in [0.15, 0.2) is 66.4 Å². The van der Waals surface area contributed by atoms with Gasteiger partial charge < -0.3 is 18.9 Å². The molecule has 0 amide bonds. The number of ether oxygens (including phenoxy) is 4. The third kappa shape index (κ3) is 3.98. The topological polar surface area (TPSA) is 54.0 Å². The molecule has 5 nitrogen and oxygen atoms in total. The van der Waals surface area contributed by atoms with Crippen LogP contribution in [0.3, 0.4) is 0 Å². The Morgan fingerprint density at radius 2 is 1.77 bits per heavy atom. The van der Waals surface area contributed by atoms with Crippen LogP contribution in [0.5, 0.6) is 23.0 Å². The Kier molecular flexibility index (Phi) is 5.63. The number of allylic oxidation sites excluding steroid dienone is 1. The van der Waals surface area contributed by atoms with Crippen LogP contribution in [-0.2, 0) is 6.61 Å². The molecule has 6 heteroatoms. The summed E-state index contributed by atoms with van der Waals surface area (Å²) in [6.07, 6.45) is 1.65. The van der Waals surface area contributed by atoms with E-state index in [4.69, 9.17) is 30.5 Å². The molecule has 152 valence electrons. The largest absolute Gasteiger partial charge is 0.497 e. The number of methoxy groups -OCH3 is 2. The predicted molar refractivity (Wildman–Crippen MR) is 115 cm³/mol. The van der Waals surface area contributed by atoms with E-state index in [0.717, 1.165) is 5.56 Å². The number of rotatable bonds is 6. The summed E-state index contributed by atoms with van der Waals surface area (Å²) in [7, 11) is 3.15. The van der Waals surface area contributed by atoms with E-state index in [-0.39, 0.29) is 11.5 Å². The van der Waals surface area contributed by atoms with Crippen molar-refractivity contribution in [1.82, 2.24) is 0 Å². The molecule has 0 fully saturated rings. The third-order valence-electron chi connectivity index (χ3n) is 4.72. The Morgan fingerprint density at radius 1 is 0.967 bits per heavy atom. The second kappa shape index (κ2) is 8.51. The number of carbonyl (C=O) groups is 1. The molecule has 0 saturated heterocycles. The monoisotopic (exact) mass is 422 g/mol. The molecule has 0 aliphatic carbocycles. The van der Waals surface area contributed by atoms with Crippen molar-refractivity contribution in [2.45, 2.75) is 6.61 Å². The van der Waals surface area contributed by atoms with Crippen molar-refractivity contribution in [3.05, 3.63) is 88.1 Å². The summed E-state index contributed by atoms with van der Waals surface area (Å²) < 4.78 is 22.3. The van der Waals surface area contributed by atoms with Crippen molar-refractivity contribution in [3.63, 3.8) is 0 Å². The Morgan fingerprint density at radius 3 is 2.53 bits per heavy atom. The second-order valence-corrected chi connectivity index (χ2v) is 6.99. The van der Waals surface area contributed by atoms with Gasteiger partial charge in [0.05, 0.1) is 19.8 Å². The number of carbonyl (C=O) groups excluding carboxylic acids is 1. The number of hydrogen-bond acceptors (Lipinski definition) is 5. The van der Waals surface area contributed by atoms with Crippen LogP contribution in [0.25, 0.3) is 6.08 Å². The minimum absolute atomic E-state index is 0.201. The van der Waals surface area contributed by atoms with E-state index in [9.17, 15) is 4.79 Å². The molecule has 0 aromatic heterocycles. The third-order valence-corrected chi connectivity index (χ3v) is 5.09. The lowest BCUT2D eigenvalue weighted by molar-refractivity contribution is 0.101. The molecule has 1 heterocycles. The molecule has 30 heavy (non-hydrogen) atoms. The molecule has 0 saturated carbocycles. The maximum atomic E-state index is 12.8. The average molecular weight is 423 g/mol. The highest BCUT2D eigenvalue weighted by Crippen LogP contribution is 2.36. The molecule has 1 aliphatic rings. The second-order valence-electron chi connectivity index (χ2n) is 6.59. The van der Waals surface area contributed by atoms with Crippen LogP contribution in [-0.4, -0.2) is 20.0 Å². The Balaban J connectivity index is 1.56. The number of benzene rings is 3. The van der Waals surface area contributed by atoms with Crippen molar-refractivity contribution < 1.29 is 23.7 Å². The first-order chi connectivity index (χ1) is 14.6. The number of halogens is 1. The summed E-state index contributed by atoms with van der Waals surface area (Å²) in [5.41, 5.74) is 2.04. The first kappa shape index (κ1) is 19.9. The van der Waals surface area contributed by atoms with Gasteiger partial charge in [-0.1, -0.05) is 29.8 Å². The van der Waals surface area contributed by atoms with E-state index >= 15 is 0 Å². The van der Waals surface area contributed by atoms with Crippen LogP contribution in [0.1, 0.15) is 21.5 Å². The molecule has 0 N–H and O–H groups in total. The summed E-state index contributed by atoms with van der Waals surface area (Å²) in [6.45, 7) is 0.316. The van der Waals surface area contributed by atoms with Gasteiger partial charge in [-0.15, -0.1) is 0 Å². The Labute approximate surface area is 179 Å². The minimum atomic E-state index is -0.201. The molecule has 3 aromatic carbocycles. The highest BCUT2D eigenvalue weighted by atomic mass is 35.5. The molecule has 0 radical (unpaired) electrons. The Hall–Kier alpha value is -3.44. The molecule has 1 aliphatic heterocycles. The van der Waals surface area contributed by atoms with E-state index in [0.29, 0.717) is 45.8 Å². The van der Waals surface area contributed by atoms with Gasteiger partial charge in [-0.05, 0) is 42.5 Å². The lowest BCUT2D eigenvalue weighted by Gasteiger charge is -2.09. The first-order valence-electron chi connectivity index (χ1n) is 9.25. The highest BCUT2D eigenvalue weighted by Gasteiger charge is 2.28. The van der Waals surface area contributed by atoms with Gasteiger partial charge >= 0.3 is 0 Å². The summed E-state index contributed by atoms with van der Waals surface area (Å²) in [6, 6.07) is 18.0. The maximum Gasteiger partial charge on any atom is 0.231 e. The van der Waals surface area contributed by atoms with Gasteiger partial charge in [0.2, 0.25) is 5.78 Å². The quantitative estimate of drug-likeness (QED) is 0.487. The summed E-state index contributed by atoms with van der Waals surface area (Å²) in [4.78, 5) is 12.8. The zero-order valence-corrected chi connectivity index (χ0v) is 17.2. The molecule has 4 rings (SSSR count). The van der Waals surface area contributed by atoms with Gasteiger partial charge in [-0.2, -0.15) is 0 Å². The van der Waals surface area contributed by atoms with E-state index in [2.05, 4.69) is 0 Å². The molecule has 3 aromatic rings. The fourth-order valence-corrected chi connectivity index (χ4v) is 3.32. The summed E-state index contributed by atoms with van der Waals surface area (Å²) >= 11 is 6.17. The van der Waals surface area contributed by atoms with Gasteiger partial charge in [0.25, 0.3) is 0 Å².